The first kappa shape index (κ1) is 16.0. The van der Waals surface area contributed by atoms with Crippen molar-refractivity contribution in [2.45, 2.75) is 31.6 Å². The van der Waals surface area contributed by atoms with Gasteiger partial charge in [-0.2, -0.15) is 0 Å². The van der Waals surface area contributed by atoms with Crippen molar-refractivity contribution in [2.24, 2.45) is 0 Å². The lowest BCUT2D eigenvalue weighted by Crippen LogP contribution is -2.25. The molecule has 1 unspecified atom stereocenters. The lowest BCUT2D eigenvalue weighted by atomic mass is 9.72. The maximum absolute atomic E-state index is 2.49. The number of rotatable bonds is 5. The van der Waals surface area contributed by atoms with Gasteiger partial charge in [0.05, 0.1) is 0 Å². The Balaban J connectivity index is 2.08. The first-order valence-electron chi connectivity index (χ1n) is 8.66. The van der Waals surface area contributed by atoms with Crippen molar-refractivity contribution >= 4 is 5.57 Å². The average Bonchev–Trinajstić information content (AvgIpc) is 2.90. The Labute approximate surface area is 140 Å². The molecule has 1 nitrogen and oxygen atoms in total. The maximum Gasteiger partial charge on any atom is 0.0243 e. The number of nitrogens with zero attached hydrogens (tertiary/aromatic N) is 1. The van der Waals surface area contributed by atoms with Crippen LogP contribution >= 0.6 is 0 Å². The molecule has 0 amide bonds. The minimum Gasteiger partial charge on any atom is -0.309 e. The second-order valence-electron chi connectivity index (χ2n) is 6.85. The van der Waals surface area contributed by atoms with Gasteiger partial charge in [0.1, 0.15) is 0 Å². The molecule has 2 aromatic rings. The quantitative estimate of drug-likeness (QED) is 0.757. The van der Waals surface area contributed by atoms with Gasteiger partial charge in [-0.1, -0.05) is 67.6 Å². The highest BCUT2D eigenvalue weighted by atomic mass is 15.0. The Morgan fingerprint density at radius 2 is 1.70 bits per heavy atom. The summed E-state index contributed by atoms with van der Waals surface area (Å²) < 4.78 is 0. The molecule has 23 heavy (non-hydrogen) atoms. The number of allylic oxidation sites excluding steroid dienone is 1. The second kappa shape index (κ2) is 6.72. The van der Waals surface area contributed by atoms with E-state index in [1.54, 1.807) is 0 Å². The molecule has 1 aliphatic carbocycles. The van der Waals surface area contributed by atoms with Gasteiger partial charge in [0, 0.05) is 12.0 Å². The molecule has 0 fully saturated rings. The van der Waals surface area contributed by atoms with Crippen LogP contribution in [0.3, 0.4) is 0 Å². The predicted octanol–water partition coefficient (Wildman–Crippen LogP) is 4.93. The van der Waals surface area contributed by atoms with E-state index in [2.05, 4.69) is 86.6 Å². The molecule has 0 saturated heterocycles. The Morgan fingerprint density at radius 3 is 2.39 bits per heavy atom. The SMILES string of the molecule is CCC1(c2ccccc2)Cc2ccccc2C1=CCCN(C)C. The van der Waals surface area contributed by atoms with E-state index in [0.29, 0.717) is 0 Å². The Morgan fingerprint density at radius 1 is 1.00 bits per heavy atom. The summed E-state index contributed by atoms with van der Waals surface area (Å²) in [5.41, 5.74) is 6.07. The van der Waals surface area contributed by atoms with E-state index in [1.165, 1.54) is 22.3 Å². The molecule has 1 aliphatic rings. The molecule has 1 heteroatoms. The smallest absolute Gasteiger partial charge is 0.0243 e. The van der Waals surface area contributed by atoms with Crippen LogP contribution in [0.4, 0.5) is 0 Å². The van der Waals surface area contributed by atoms with E-state index in [1.807, 2.05) is 0 Å². The number of hydrogen-bond acceptors (Lipinski definition) is 1. The van der Waals surface area contributed by atoms with Crippen molar-refractivity contribution in [2.75, 3.05) is 20.6 Å². The lowest BCUT2D eigenvalue weighted by molar-refractivity contribution is 0.416. The van der Waals surface area contributed by atoms with Crippen molar-refractivity contribution in [3.8, 4) is 0 Å². The van der Waals surface area contributed by atoms with Gasteiger partial charge < -0.3 is 4.90 Å². The van der Waals surface area contributed by atoms with E-state index in [-0.39, 0.29) is 5.41 Å². The molecule has 0 bridgehead atoms. The molecule has 0 aromatic heterocycles. The van der Waals surface area contributed by atoms with Crippen molar-refractivity contribution < 1.29 is 0 Å². The fourth-order valence-corrected chi connectivity index (χ4v) is 3.92. The summed E-state index contributed by atoms with van der Waals surface area (Å²) in [6, 6.07) is 20.0. The predicted molar refractivity (Wildman–Crippen MR) is 99.7 cm³/mol. The molecule has 3 rings (SSSR count). The van der Waals surface area contributed by atoms with Crippen molar-refractivity contribution in [3.63, 3.8) is 0 Å². The average molecular weight is 305 g/mol. The van der Waals surface area contributed by atoms with Crippen molar-refractivity contribution in [1.29, 1.82) is 0 Å². The van der Waals surface area contributed by atoms with Crippen LogP contribution in [0.5, 0.6) is 0 Å². The summed E-state index contributed by atoms with van der Waals surface area (Å²) in [5.74, 6) is 0. The van der Waals surface area contributed by atoms with E-state index >= 15 is 0 Å². The lowest BCUT2D eigenvalue weighted by Gasteiger charge is -2.31. The maximum atomic E-state index is 2.49. The highest BCUT2D eigenvalue weighted by Gasteiger charge is 2.41. The van der Waals surface area contributed by atoms with E-state index in [0.717, 1.165) is 25.8 Å². The fourth-order valence-electron chi connectivity index (χ4n) is 3.92. The van der Waals surface area contributed by atoms with Gasteiger partial charge >= 0.3 is 0 Å². The molecule has 0 N–H and O–H groups in total. The molecule has 2 aromatic carbocycles. The van der Waals surface area contributed by atoms with Crippen LogP contribution < -0.4 is 0 Å². The van der Waals surface area contributed by atoms with Crippen LogP contribution in [-0.2, 0) is 11.8 Å². The third-order valence-electron chi connectivity index (χ3n) is 5.17. The molecular weight excluding hydrogens is 278 g/mol. The van der Waals surface area contributed by atoms with Gasteiger partial charge in [-0.05, 0) is 55.6 Å². The summed E-state index contributed by atoms with van der Waals surface area (Å²) in [7, 11) is 4.29. The zero-order valence-electron chi connectivity index (χ0n) is 14.5. The highest BCUT2D eigenvalue weighted by Crippen LogP contribution is 2.50. The molecule has 0 spiro atoms. The molecule has 0 aliphatic heterocycles. The largest absolute Gasteiger partial charge is 0.309 e. The van der Waals surface area contributed by atoms with E-state index in [9.17, 15) is 0 Å². The third kappa shape index (κ3) is 2.98. The molecule has 0 radical (unpaired) electrons. The first-order chi connectivity index (χ1) is 11.2. The third-order valence-corrected chi connectivity index (χ3v) is 5.17. The van der Waals surface area contributed by atoms with Gasteiger partial charge in [0.15, 0.2) is 0 Å². The van der Waals surface area contributed by atoms with Gasteiger partial charge in [0.2, 0.25) is 0 Å². The molecule has 120 valence electrons. The van der Waals surface area contributed by atoms with Crippen LogP contribution in [0, 0.1) is 0 Å². The minimum absolute atomic E-state index is 0.136. The Kier molecular flexibility index (Phi) is 4.68. The fraction of sp³-hybridized carbons (Fsp3) is 0.364. The topological polar surface area (TPSA) is 3.24 Å². The monoisotopic (exact) mass is 305 g/mol. The Hall–Kier alpha value is -1.86. The number of fused-ring (bicyclic) bond motifs is 1. The molecular formula is C22H27N. The molecule has 0 saturated carbocycles. The minimum atomic E-state index is 0.136. The van der Waals surface area contributed by atoms with Crippen LogP contribution in [0.25, 0.3) is 5.57 Å². The summed E-state index contributed by atoms with van der Waals surface area (Å²) in [4.78, 5) is 2.26. The van der Waals surface area contributed by atoms with Gasteiger partial charge in [-0.25, -0.2) is 0 Å². The molecule has 0 heterocycles. The standard InChI is InChI=1S/C22H27N/c1-4-22(19-12-6-5-7-13-19)17-18-11-8-9-14-20(18)21(22)15-10-16-23(2)3/h5-9,11-15H,4,10,16-17H2,1-3H3. The zero-order valence-corrected chi connectivity index (χ0v) is 14.5. The first-order valence-corrected chi connectivity index (χ1v) is 8.66. The Bertz CT molecular complexity index is 684. The number of benzene rings is 2. The van der Waals surface area contributed by atoms with Crippen molar-refractivity contribution in [1.82, 2.24) is 4.90 Å². The zero-order chi connectivity index (χ0) is 16.3. The van der Waals surface area contributed by atoms with Crippen LogP contribution in [0.1, 0.15) is 36.5 Å². The van der Waals surface area contributed by atoms with Gasteiger partial charge in [0.25, 0.3) is 0 Å². The van der Waals surface area contributed by atoms with E-state index < -0.39 is 0 Å². The summed E-state index contributed by atoms with van der Waals surface area (Å²) in [6.07, 6.45) is 5.85. The summed E-state index contributed by atoms with van der Waals surface area (Å²) in [5, 5.41) is 0. The highest BCUT2D eigenvalue weighted by molar-refractivity contribution is 5.82. The van der Waals surface area contributed by atoms with Crippen LogP contribution in [0.15, 0.2) is 60.7 Å². The normalized spacial score (nSPS) is 21.8. The second-order valence-corrected chi connectivity index (χ2v) is 6.85. The van der Waals surface area contributed by atoms with Crippen molar-refractivity contribution in [3.05, 3.63) is 77.4 Å². The number of hydrogen-bond donors (Lipinski definition) is 0. The molecule has 1 atom stereocenters. The summed E-state index contributed by atoms with van der Waals surface area (Å²) in [6.45, 7) is 3.43. The summed E-state index contributed by atoms with van der Waals surface area (Å²) >= 11 is 0. The van der Waals surface area contributed by atoms with E-state index in [4.69, 9.17) is 0 Å². The van der Waals surface area contributed by atoms with Crippen LogP contribution in [-0.4, -0.2) is 25.5 Å². The van der Waals surface area contributed by atoms with Gasteiger partial charge in [-0.15, -0.1) is 0 Å². The van der Waals surface area contributed by atoms with Crippen LogP contribution in [0.2, 0.25) is 0 Å². The van der Waals surface area contributed by atoms with Gasteiger partial charge in [-0.3, -0.25) is 0 Å².